The van der Waals surface area contributed by atoms with E-state index in [0.717, 1.165) is 5.57 Å². The molecule has 0 spiro atoms. The Bertz CT molecular complexity index is 431. The normalized spacial score (nSPS) is 17.4. The third-order valence-corrected chi connectivity index (χ3v) is 2.37. The summed E-state index contributed by atoms with van der Waals surface area (Å²) in [7, 11) is 0. The molecule has 0 aromatic rings. The van der Waals surface area contributed by atoms with Crippen LogP contribution in [0.1, 0.15) is 20.8 Å². The van der Waals surface area contributed by atoms with E-state index in [2.05, 4.69) is 6.58 Å². The largest absolute Gasteiger partial charge is 0.290 e. The lowest BCUT2D eigenvalue weighted by atomic mass is 9.91. The van der Waals surface area contributed by atoms with Crippen LogP contribution in [-0.2, 0) is 9.59 Å². The van der Waals surface area contributed by atoms with Gasteiger partial charge in [-0.15, -0.1) is 0 Å². The van der Waals surface area contributed by atoms with Gasteiger partial charge in [0.15, 0.2) is 11.6 Å². The van der Waals surface area contributed by atoms with Crippen molar-refractivity contribution in [1.29, 1.82) is 0 Å². The van der Waals surface area contributed by atoms with E-state index in [9.17, 15) is 9.59 Å². The average Bonchev–Trinajstić information content (AvgIpc) is 2.18. The minimum Gasteiger partial charge on any atom is -0.290 e. The topological polar surface area (TPSA) is 34.1 Å². The summed E-state index contributed by atoms with van der Waals surface area (Å²) < 4.78 is 0. The third-order valence-electron chi connectivity index (χ3n) is 2.37. The molecule has 0 radical (unpaired) electrons. The number of carbonyl (C=O) groups excluding carboxylic acids is 2. The third kappa shape index (κ3) is 2.40. The molecule has 0 saturated carbocycles. The Kier molecular flexibility index (Phi) is 3.20. The van der Waals surface area contributed by atoms with E-state index < -0.39 is 0 Å². The van der Waals surface area contributed by atoms with Gasteiger partial charge < -0.3 is 0 Å². The van der Waals surface area contributed by atoms with E-state index in [1.54, 1.807) is 26.0 Å². The van der Waals surface area contributed by atoms with Crippen molar-refractivity contribution in [2.45, 2.75) is 20.8 Å². The van der Waals surface area contributed by atoms with Gasteiger partial charge in [0.05, 0.1) is 0 Å². The highest BCUT2D eigenvalue weighted by Crippen LogP contribution is 2.19. The number of hydrogen-bond acceptors (Lipinski definition) is 2. The Morgan fingerprint density at radius 3 is 2.40 bits per heavy atom. The highest BCUT2D eigenvalue weighted by atomic mass is 16.1. The molecule has 0 fully saturated rings. The second-order valence-electron chi connectivity index (χ2n) is 3.72. The summed E-state index contributed by atoms with van der Waals surface area (Å²) in [4.78, 5) is 23.2. The fourth-order valence-electron chi connectivity index (χ4n) is 1.24. The van der Waals surface area contributed by atoms with Crippen molar-refractivity contribution in [2.75, 3.05) is 0 Å². The number of ketones is 2. The molecule has 78 valence electrons. The molecular formula is C13H14O2. The predicted molar refractivity (Wildman–Crippen MR) is 60.4 cm³/mol. The highest BCUT2D eigenvalue weighted by molar-refractivity contribution is 6.23. The smallest absolute Gasteiger partial charge is 0.189 e. The first-order valence-corrected chi connectivity index (χ1v) is 4.75. The molecule has 0 aromatic heterocycles. The SMILES string of the molecule is C=C(C)C=CC1=CC(=O)C(C)=C(C)C1=O. The zero-order valence-electron chi connectivity index (χ0n) is 9.26. The molecule has 1 rings (SSSR count). The lowest BCUT2D eigenvalue weighted by Gasteiger charge is -2.11. The van der Waals surface area contributed by atoms with Crippen LogP contribution in [0.4, 0.5) is 0 Å². The van der Waals surface area contributed by atoms with Gasteiger partial charge in [0.2, 0.25) is 0 Å². The summed E-state index contributed by atoms with van der Waals surface area (Å²) >= 11 is 0. The standard InChI is InChI=1S/C13H14O2/c1-8(2)5-6-11-7-12(14)9(3)10(4)13(11)15/h5-7H,1H2,2-4H3. The van der Waals surface area contributed by atoms with Gasteiger partial charge in [-0.25, -0.2) is 0 Å². The number of allylic oxidation sites excluding steroid dienone is 7. The van der Waals surface area contributed by atoms with Gasteiger partial charge in [-0.05, 0) is 26.8 Å². The Morgan fingerprint density at radius 2 is 1.87 bits per heavy atom. The molecule has 2 nitrogen and oxygen atoms in total. The van der Waals surface area contributed by atoms with Gasteiger partial charge in [0.25, 0.3) is 0 Å². The quantitative estimate of drug-likeness (QED) is 0.509. The number of rotatable bonds is 2. The zero-order chi connectivity index (χ0) is 11.6. The Hall–Kier alpha value is -1.70. The van der Waals surface area contributed by atoms with Gasteiger partial charge in [0, 0.05) is 16.7 Å². The Morgan fingerprint density at radius 1 is 1.27 bits per heavy atom. The van der Waals surface area contributed by atoms with Crippen LogP contribution in [-0.4, -0.2) is 11.6 Å². The van der Waals surface area contributed by atoms with E-state index in [0.29, 0.717) is 16.7 Å². The maximum Gasteiger partial charge on any atom is 0.189 e. The summed E-state index contributed by atoms with van der Waals surface area (Å²) in [5.74, 6) is -0.168. The first-order chi connectivity index (χ1) is 6.93. The summed E-state index contributed by atoms with van der Waals surface area (Å²) in [6.07, 6.45) is 4.74. The summed E-state index contributed by atoms with van der Waals surface area (Å²) in [6, 6.07) is 0. The summed E-state index contributed by atoms with van der Waals surface area (Å²) in [5.41, 5.74) is 2.35. The van der Waals surface area contributed by atoms with Gasteiger partial charge in [-0.2, -0.15) is 0 Å². The van der Waals surface area contributed by atoms with Gasteiger partial charge in [0.1, 0.15) is 0 Å². The van der Waals surface area contributed by atoms with Gasteiger partial charge >= 0.3 is 0 Å². The van der Waals surface area contributed by atoms with Crippen molar-refractivity contribution in [3.05, 3.63) is 47.1 Å². The van der Waals surface area contributed by atoms with Crippen molar-refractivity contribution in [2.24, 2.45) is 0 Å². The fourth-order valence-corrected chi connectivity index (χ4v) is 1.24. The monoisotopic (exact) mass is 202 g/mol. The van der Waals surface area contributed by atoms with Crippen LogP contribution in [0.15, 0.2) is 47.1 Å². The van der Waals surface area contributed by atoms with Crippen LogP contribution in [0, 0.1) is 0 Å². The van der Waals surface area contributed by atoms with Crippen molar-refractivity contribution >= 4 is 11.6 Å². The van der Waals surface area contributed by atoms with Crippen molar-refractivity contribution in [3.63, 3.8) is 0 Å². The molecule has 15 heavy (non-hydrogen) atoms. The van der Waals surface area contributed by atoms with Crippen LogP contribution in [0.3, 0.4) is 0 Å². The van der Waals surface area contributed by atoms with Crippen molar-refractivity contribution in [3.8, 4) is 0 Å². The molecule has 0 N–H and O–H groups in total. The van der Waals surface area contributed by atoms with Gasteiger partial charge in [-0.3, -0.25) is 9.59 Å². The minimum absolute atomic E-state index is 0.0791. The highest BCUT2D eigenvalue weighted by Gasteiger charge is 2.20. The van der Waals surface area contributed by atoms with Crippen molar-refractivity contribution in [1.82, 2.24) is 0 Å². The Balaban J connectivity index is 3.05. The second-order valence-corrected chi connectivity index (χ2v) is 3.72. The molecule has 0 bridgehead atoms. The van der Waals surface area contributed by atoms with Crippen LogP contribution >= 0.6 is 0 Å². The maximum absolute atomic E-state index is 11.7. The van der Waals surface area contributed by atoms with Gasteiger partial charge in [-0.1, -0.05) is 24.3 Å². The molecule has 1 aliphatic rings. The molecule has 0 atom stereocenters. The molecule has 1 aliphatic carbocycles. The first kappa shape index (κ1) is 11.4. The number of hydrogen-bond donors (Lipinski definition) is 0. The predicted octanol–water partition coefficient (Wildman–Crippen LogP) is 2.53. The van der Waals surface area contributed by atoms with E-state index in [1.807, 2.05) is 6.92 Å². The molecule has 2 heteroatoms. The van der Waals surface area contributed by atoms with E-state index in [1.165, 1.54) is 6.08 Å². The molecule has 0 aromatic carbocycles. The molecule has 0 unspecified atom stereocenters. The average molecular weight is 202 g/mol. The molecule has 0 amide bonds. The van der Waals surface area contributed by atoms with Crippen LogP contribution in [0.2, 0.25) is 0 Å². The summed E-state index contributed by atoms with van der Waals surface area (Å²) in [6.45, 7) is 8.88. The first-order valence-electron chi connectivity index (χ1n) is 4.75. The second kappa shape index (κ2) is 4.22. The minimum atomic E-state index is -0.0894. The number of carbonyl (C=O) groups is 2. The number of Topliss-reactive ketones (excluding diaryl/α,β-unsaturated/α-hetero) is 1. The van der Waals surface area contributed by atoms with E-state index in [-0.39, 0.29) is 11.6 Å². The fraction of sp³-hybridized carbons (Fsp3) is 0.231. The van der Waals surface area contributed by atoms with Crippen LogP contribution in [0.25, 0.3) is 0 Å². The molecule has 0 saturated heterocycles. The summed E-state index contributed by atoms with van der Waals surface area (Å²) in [5, 5.41) is 0. The molecule has 0 heterocycles. The zero-order valence-corrected chi connectivity index (χ0v) is 9.26. The molecular weight excluding hydrogens is 188 g/mol. The Labute approximate surface area is 89.7 Å². The van der Waals surface area contributed by atoms with E-state index in [4.69, 9.17) is 0 Å². The lowest BCUT2D eigenvalue weighted by Crippen LogP contribution is -2.15. The molecule has 0 aliphatic heterocycles. The van der Waals surface area contributed by atoms with Crippen LogP contribution < -0.4 is 0 Å². The maximum atomic E-state index is 11.7. The van der Waals surface area contributed by atoms with Crippen LogP contribution in [0.5, 0.6) is 0 Å². The lowest BCUT2D eigenvalue weighted by molar-refractivity contribution is -0.115. The van der Waals surface area contributed by atoms with E-state index >= 15 is 0 Å². The van der Waals surface area contributed by atoms with Crippen molar-refractivity contribution < 1.29 is 9.59 Å².